The number of aryl methyl sites for hydroxylation is 1. The van der Waals surface area contributed by atoms with Crippen LogP contribution in [0.4, 0.5) is 25.8 Å². The van der Waals surface area contributed by atoms with Crippen molar-refractivity contribution < 1.29 is 86.2 Å². The Labute approximate surface area is 528 Å². The summed E-state index contributed by atoms with van der Waals surface area (Å²) in [5, 5.41) is 23.2. The average Bonchev–Trinajstić information content (AvgIpc) is 1.56. The highest BCUT2D eigenvalue weighted by molar-refractivity contribution is 6.34. The molecule has 7 N–H and O–H groups in total. The van der Waals surface area contributed by atoms with Gasteiger partial charge in [0, 0.05) is 69.6 Å². The predicted molar refractivity (Wildman–Crippen MR) is 326 cm³/mol. The number of esters is 1. The number of methoxy groups -OCH3 is 1. The Morgan fingerprint density at radius 1 is 0.944 bits per heavy atom. The van der Waals surface area contributed by atoms with E-state index in [1.807, 2.05) is 13.0 Å². The first-order valence-electron chi connectivity index (χ1n) is 30.3. The number of aliphatic hydroxyl groups is 1. The summed E-state index contributed by atoms with van der Waals surface area (Å²) >= 11 is 6.94. The Bertz CT molecular complexity index is 3070. The predicted octanol–water partition coefficient (Wildman–Crippen LogP) is 4.91. The smallest absolute Gasteiger partial charge is 0.411 e. The van der Waals surface area contributed by atoms with E-state index in [2.05, 4.69) is 21.3 Å². The second kappa shape index (κ2) is 30.1. The Kier molecular flexibility index (Phi) is 23.4. The minimum atomic E-state index is -2.02. The quantitative estimate of drug-likeness (QED) is 0.0192. The Balaban J connectivity index is 1.01. The van der Waals surface area contributed by atoms with Gasteiger partial charge in [-0.1, -0.05) is 76.6 Å². The number of carbonyl (C=O) groups is 10. The first kappa shape index (κ1) is 70.0. The number of halogens is 1. The van der Waals surface area contributed by atoms with Crippen LogP contribution in [0.5, 0.6) is 0 Å². The number of primary amides is 1. The van der Waals surface area contributed by atoms with Crippen LogP contribution >= 0.6 is 11.6 Å². The number of ketones is 1. The fourth-order valence-electron chi connectivity index (χ4n) is 11.7. The average molecular weight is 1280 g/mol. The van der Waals surface area contributed by atoms with E-state index in [0.29, 0.717) is 39.5 Å². The van der Waals surface area contributed by atoms with Crippen LogP contribution in [0.1, 0.15) is 104 Å². The molecule has 3 saturated heterocycles. The van der Waals surface area contributed by atoms with Gasteiger partial charge in [0.2, 0.25) is 17.7 Å². The maximum Gasteiger partial charge on any atom is 0.411 e. The number of urea groups is 1. The number of epoxide rings is 1. The van der Waals surface area contributed by atoms with Gasteiger partial charge in [-0.3, -0.25) is 48.7 Å². The van der Waals surface area contributed by atoms with Gasteiger partial charge in [0.05, 0.1) is 79.7 Å². The lowest BCUT2D eigenvalue weighted by Crippen LogP contribution is -2.63. The highest BCUT2D eigenvalue weighted by Gasteiger charge is 2.65. The van der Waals surface area contributed by atoms with E-state index < -0.39 is 125 Å². The Hall–Kier alpha value is -7.49. The standard InChI is InChI=1S/C63H85ClN8O18/c1-35(2)54(68-49(74)21-24-85-26-27-86-25-23-71-50(75)19-20-51(71)76)44(73)30-41(12-11-22-66-58(65)80)56(78)67-42-15-13-39(14-16-42)34-87-60(82)72-46-17-18-47(84-10)63(83)33-45(88-59(81)69-63)38(6)55-62(8,90-55)48(89-57(79)36(3)4)31-52(77)70(9)43-29-40(32-61(46,72)7)28-37(5)53(43)64/h13-20,28-29,35-36,38,41,45-48,54-55,83H,11-12,21-27,30-34H2,1-10H3,(H,67,78)(H,68,74)(H,69,81)(H3,65,66,80)/b18-17+/t38-,41-,45+,46-,47-,48+,54+,55+,61?,62+,63+,72?/m1/s1. The topological polar surface area (TPSA) is 342 Å². The molecule has 9 amide bonds. The third kappa shape index (κ3) is 17.3. The molecule has 5 aliphatic heterocycles. The van der Waals surface area contributed by atoms with Crippen LogP contribution in [0.2, 0.25) is 5.02 Å². The zero-order valence-corrected chi connectivity index (χ0v) is 53.4. The van der Waals surface area contributed by atoms with Crippen molar-refractivity contribution >= 4 is 82.5 Å². The number of rotatable bonds is 25. The second-order valence-corrected chi connectivity index (χ2v) is 25.0. The fourth-order valence-corrected chi connectivity index (χ4v) is 11.9. The van der Waals surface area contributed by atoms with Crippen molar-refractivity contribution in [3.8, 4) is 0 Å². The summed E-state index contributed by atoms with van der Waals surface area (Å²) in [6.07, 6.45) is 0.123. The molecule has 0 aromatic heterocycles. The minimum absolute atomic E-state index is 0.0242. The van der Waals surface area contributed by atoms with Crippen molar-refractivity contribution in [2.45, 2.75) is 160 Å². The van der Waals surface area contributed by atoms with Crippen LogP contribution in [0.25, 0.3) is 0 Å². The molecule has 3 fully saturated rings. The summed E-state index contributed by atoms with van der Waals surface area (Å²) in [5.74, 6) is -5.46. The van der Waals surface area contributed by atoms with Crippen molar-refractivity contribution in [1.29, 1.82) is 0 Å². The van der Waals surface area contributed by atoms with Crippen molar-refractivity contribution in [2.24, 2.45) is 29.4 Å². The van der Waals surface area contributed by atoms with Gasteiger partial charge in [0.15, 0.2) is 11.5 Å². The number of nitrogens with one attached hydrogen (secondary N) is 4. The van der Waals surface area contributed by atoms with Crippen LogP contribution in [-0.2, 0) is 79.7 Å². The molecule has 2 aromatic carbocycles. The van der Waals surface area contributed by atoms with Gasteiger partial charge in [-0.15, -0.1) is 0 Å². The summed E-state index contributed by atoms with van der Waals surface area (Å²) in [7, 11) is 2.94. The van der Waals surface area contributed by atoms with Crippen LogP contribution in [0, 0.1) is 30.6 Å². The number of hydrogen-bond donors (Lipinski definition) is 6. The second-order valence-electron chi connectivity index (χ2n) is 24.6. The number of nitrogens with two attached hydrogens (primary N) is 1. The summed E-state index contributed by atoms with van der Waals surface area (Å²) in [4.78, 5) is 135. The number of hydrogen-bond acceptors (Lipinski definition) is 18. The van der Waals surface area contributed by atoms with Crippen LogP contribution in [0.15, 0.2) is 60.7 Å². The Morgan fingerprint density at radius 3 is 2.27 bits per heavy atom. The molecule has 90 heavy (non-hydrogen) atoms. The van der Waals surface area contributed by atoms with E-state index in [1.165, 1.54) is 29.1 Å². The zero-order valence-electron chi connectivity index (χ0n) is 52.6. The number of alkyl carbamates (subject to hydrolysis) is 1. The lowest BCUT2D eigenvalue weighted by Gasteiger charge is -2.42. The molecule has 1 unspecified atom stereocenters. The molecule has 5 aliphatic rings. The van der Waals surface area contributed by atoms with E-state index in [4.69, 9.17) is 50.5 Å². The number of ether oxygens (including phenoxy) is 7. The molecule has 27 heteroatoms. The third-order valence-electron chi connectivity index (χ3n) is 17.1. The SMILES string of the molecule is CO[C@@H]1/C=C/[C@H]2N(C(=O)OCc3ccc(NC(=O)[C@H](CCCNC(N)=O)CC(=O)[C@@H](NC(=O)CCOCCOCCN4C(=O)C=CC4=O)C(C)C)cc3)C2(C)Cc2cc(C)c(Cl)c(c2)N(C)C(=O)C[C@H](OC(=O)C(C)C)[C@]2(C)O[C@H]2[C@H](C)[C@@H]2C[C@@]1(O)NC(=O)O2. The fraction of sp³-hybridized carbons (Fsp3) is 0.587. The van der Waals surface area contributed by atoms with Gasteiger partial charge in [-0.2, -0.15) is 0 Å². The van der Waals surface area contributed by atoms with Crippen molar-refractivity contribution in [3.05, 3.63) is 82.4 Å². The molecule has 7 rings (SSSR count). The number of amides is 9. The van der Waals surface area contributed by atoms with Crippen LogP contribution in [-0.4, -0.2) is 181 Å². The normalized spacial score (nSPS) is 26.6. The van der Waals surface area contributed by atoms with Gasteiger partial charge in [0.1, 0.15) is 30.5 Å². The summed E-state index contributed by atoms with van der Waals surface area (Å²) < 4.78 is 40.7. The molecule has 0 saturated carbocycles. The van der Waals surface area contributed by atoms with Gasteiger partial charge >= 0.3 is 24.2 Å². The Morgan fingerprint density at radius 2 is 1.62 bits per heavy atom. The molecule has 0 radical (unpaired) electrons. The summed E-state index contributed by atoms with van der Waals surface area (Å²) in [6.45, 7) is 14.5. The molecule has 0 spiro atoms. The highest BCUT2D eigenvalue weighted by atomic mass is 35.5. The lowest BCUT2D eigenvalue weighted by atomic mass is 9.83. The number of carbonyl (C=O) groups excluding carboxylic acids is 10. The van der Waals surface area contributed by atoms with E-state index in [-0.39, 0.29) is 96.4 Å². The number of Topliss-reactive ketones (excluding diaryl/α,β-unsaturated/α-hetero) is 1. The summed E-state index contributed by atoms with van der Waals surface area (Å²) in [5.41, 5.74) is 3.75. The van der Waals surface area contributed by atoms with Gasteiger partial charge < -0.3 is 64.8 Å². The zero-order chi connectivity index (χ0) is 66.0. The van der Waals surface area contributed by atoms with E-state index in [1.54, 1.807) is 98.0 Å². The number of anilines is 2. The molecule has 492 valence electrons. The molecule has 11 atom stereocenters. The molecule has 5 heterocycles. The largest absolute Gasteiger partial charge is 0.458 e. The van der Waals surface area contributed by atoms with Crippen molar-refractivity contribution in [1.82, 2.24) is 25.8 Å². The molecule has 4 bridgehead atoms. The number of fused-ring (bicyclic) bond motifs is 6. The summed E-state index contributed by atoms with van der Waals surface area (Å²) in [6, 6.07) is 7.80. The first-order chi connectivity index (χ1) is 42.5. The molecular weight excluding hydrogens is 1190 g/mol. The van der Waals surface area contributed by atoms with Gasteiger partial charge in [-0.25, -0.2) is 14.4 Å². The maximum atomic E-state index is 14.4. The lowest BCUT2D eigenvalue weighted by molar-refractivity contribution is -0.157. The van der Waals surface area contributed by atoms with Gasteiger partial charge in [-0.05, 0) is 80.8 Å². The monoisotopic (exact) mass is 1280 g/mol. The maximum absolute atomic E-state index is 14.4. The minimum Gasteiger partial charge on any atom is -0.458 e. The first-order valence-corrected chi connectivity index (χ1v) is 30.6. The van der Waals surface area contributed by atoms with Crippen LogP contribution < -0.4 is 31.9 Å². The number of benzene rings is 2. The van der Waals surface area contributed by atoms with Crippen LogP contribution in [0.3, 0.4) is 0 Å². The third-order valence-corrected chi connectivity index (χ3v) is 17.6. The molecule has 26 nitrogen and oxygen atoms in total. The highest BCUT2D eigenvalue weighted by Crippen LogP contribution is 2.50. The molecule has 2 aromatic rings. The number of nitrogens with zero attached hydrogens (tertiary/aromatic N) is 3. The van der Waals surface area contributed by atoms with E-state index in [9.17, 15) is 53.1 Å². The van der Waals surface area contributed by atoms with Crippen molar-refractivity contribution in [3.63, 3.8) is 0 Å². The van der Waals surface area contributed by atoms with Crippen molar-refractivity contribution in [2.75, 3.05) is 63.9 Å². The molecular formula is C63H85ClN8O18. The van der Waals surface area contributed by atoms with Gasteiger partial charge in [0.25, 0.3) is 11.8 Å². The van der Waals surface area contributed by atoms with E-state index in [0.717, 1.165) is 4.90 Å². The van der Waals surface area contributed by atoms with E-state index >= 15 is 0 Å². The molecule has 0 aliphatic carbocycles. The number of imide groups is 1.